The van der Waals surface area contributed by atoms with Crippen LogP contribution in [-0.2, 0) is 0 Å². The molecule has 1 aromatic carbocycles. The van der Waals surface area contributed by atoms with E-state index in [-0.39, 0.29) is 17.1 Å². The van der Waals surface area contributed by atoms with Crippen LogP contribution in [0.4, 0.5) is 8.78 Å². The average Bonchev–Trinajstić information content (AvgIpc) is 2.59. The van der Waals surface area contributed by atoms with Crippen molar-refractivity contribution < 1.29 is 23.0 Å². The van der Waals surface area contributed by atoms with Crippen molar-refractivity contribution in [3.05, 3.63) is 23.8 Å². The highest BCUT2D eigenvalue weighted by Gasteiger charge is 2.45. The van der Waals surface area contributed by atoms with Gasteiger partial charge in [-0.1, -0.05) is 13.0 Å². The fraction of sp³-hybridized carbons (Fsp3) is 0.364. The number of alkyl halides is 2. The predicted octanol–water partition coefficient (Wildman–Crippen LogP) is 2.15. The zero-order valence-corrected chi connectivity index (χ0v) is 9.13. The summed E-state index contributed by atoms with van der Waals surface area (Å²) >= 11 is 0. The van der Waals surface area contributed by atoms with Crippen molar-refractivity contribution in [2.75, 3.05) is 6.54 Å². The molecule has 0 aromatic heterocycles. The minimum atomic E-state index is -3.70. The van der Waals surface area contributed by atoms with Crippen LogP contribution in [0, 0.1) is 0 Å². The van der Waals surface area contributed by atoms with Gasteiger partial charge in [0, 0.05) is 6.54 Å². The summed E-state index contributed by atoms with van der Waals surface area (Å²) in [5.74, 6) is -0.796. The molecule has 0 saturated carbocycles. The molecule has 1 aromatic rings. The fourth-order valence-electron chi connectivity index (χ4n) is 1.48. The lowest BCUT2D eigenvalue weighted by atomic mass is 10.1. The van der Waals surface area contributed by atoms with E-state index in [1.807, 2.05) is 6.92 Å². The number of amides is 1. The van der Waals surface area contributed by atoms with Crippen molar-refractivity contribution in [2.45, 2.75) is 19.6 Å². The molecule has 0 fully saturated rings. The summed E-state index contributed by atoms with van der Waals surface area (Å²) in [6, 6.07) is 4.20. The Morgan fingerprint density at radius 2 is 2.18 bits per heavy atom. The maximum absolute atomic E-state index is 12.9. The van der Waals surface area contributed by atoms with Gasteiger partial charge in [0.15, 0.2) is 11.5 Å². The lowest BCUT2D eigenvalue weighted by Gasteiger charge is -2.07. The number of benzene rings is 1. The Labute approximate surface area is 96.5 Å². The Morgan fingerprint density at radius 1 is 1.41 bits per heavy atom. The van der Waals surface area contributed by atoms with Crippen molar-refractivity contribution in [2.24, 2.45) is 0 Å². The molecule has 0 aliphatic carbocycles. The predicted molar refractivity (Wildman–Crippen MR) is 55.3 cm³/mol. The van der Waals surface area contributed by atoms with E-state index < -0.39 is 12.2 Å². The minimum absolute atomic E-state index is 0.0492. The number of ether oxygens (including phenoxy) is 2. The van der Waals surface area contributed by atoms with Crippen LogP contribution in [0.1, 0.15) is 23.7 Å². The third-order valence-corrected chi connectivity index (χ3v) is 2.21. The van der Waals surface area contributed by atoms with Gasteiger partial charge in [-0.15, -0.1) is 8.78 Å². The maximum Gasteiger partial charge on any atom is 0.586 e. The number of fused-ring (bicyclic) bond motifs is 1. The second-order valence-corrected chi connectivity index (χ2v) is 3.56. The number of para-hydroxylation sites is 1. The molecule has 0 spiro atoms. The second kappa shape index (κ2) is 4.20. The normalized spacial score (nSPS) is 15.7. The molecule has 0 radical (unpaired) electrons. The average molecular weight is 243 g/mol. The highest BCUT2D eigenvalue weighted by atomic mass is 19.3. The molecular formula is C11H11F2NO3. The molecule has 1 amide bonds. The van der Waals surface area contributed by atoms with Gasteiger partial charge in [0.1, 0.15) is 0 Å². The van der Waals surface area contributed by atoms with Crippen molar-refractivity contribution in [3.8, 4) is 11.5 Å². The number of rotatable bonds is 3. The van der Waals surface area contributed by atoms with Gasteiger partial charge < -0.3 is 14.8 Å². The largest absolute Gasteiger partial charge is 0.586 e. The summed E-state index contributed by atoms with van der Waals surface area (Å²) in [7, 11) is 0. The molecule has 92 valence electrons. The van der Waals surface area contributed by atoms with E-state index in [0.717, 1.165) is 6.42 Å². The zero-order chi connectivity index (χ0) is 12.5. The van der Waals surface area contributed by atoms with E-state index >= 15 is 0 Å². The molecule has 0 saturated heterocycles. The molecule has 17 heavy (non-hydrogen) atoms. The SMILES string of the molecule is CCCNC(=O)c1cccc2c1OC(F)(F)O2. The summed E-state index contributed by atoms with van der Waals surface area (Å²) in [6.45, 7) is 2.36. The van der Waals surface area contributed by atoms with Crippen molar-refractivity contribution in [3.63, 3.8) is 0 Å². The van der Waals surface area contributed by atoms with Crippen LogP contribution in [-0.4, -0.2) is 18.7 Å². The van der Waals surface area contributed by atoms with Gasteiger partial charge in [-0.25, -0.2) is 0 Å². The fourth-order valence-corrected chi connectivity index (χ4v) is 1.48. The number of hydrogen-bond donors (Lipinski definition) is 1. The third-order valence-electron chi connectivity index (χ3n) is 2.21. The Hall–Kier alpha value is -1.85. The molecule has 0 unspecified atom stereocenters. The Balaban J connectivity index is 2.27. The maximum atomic E-state index is 12.9. The first-order valence-corrected chi connectivity index (χ1v) is 5.20. The number of halogens is 2. The second-order valence-electron chi connectivity index (χ2n) is 3.56. The summed E-state index contributed by atoms with van der Waals surface area (Å²) in [6.07, 6.45) is -2.95. The first kappa shape index (κ1) is 11.6. The monoisotopic (exact) mass is 243 g/mol. The van der Waals surface area contributed by atoms with E-state index in [2.05, 4.69) is 14.8 Å². The molecule has 1 heterocycles. The molecule has 6 heteroatoms. The lowest BCUT2D eigenvalue weighted by Crippen LogP contribution is -2.27. The first-order chi connectivity index (χ1) is 8.03. The molecule has 1 N–H and O–H groups in total. The van der Waals surface area contributed by atoms with Crippen molar-refractivity contribution >= 4 is 5.91 Å². The van der Waals surface area contributed by atoms with E-state index in [1.54, 1.807) is 0 Å². The van der Waals surface area contributed by atoms with Crippen molar-refractivity contribution in [1.82, 2.24) is 5.32 Å². The van der Waals surface area contributed by atoms with Crippen LogP contribution in [0.3, 0.4) is 0 Å². The van der Waals surface area contributed by atoms with E-state index in [0.29, 0.717) is 6.54 Å². The Kier molecular flexibility index (Phi) is 2.87. The topological polar surface area (TPSA) is 47.6 Å². The Morgan fingerprint density at radius 3 is 2.88 bits per heavy atom. The number of hydrogen-bond acceptors (Lipinski definition) is 3. The summed E-state index contributed by atoms with van der Waals surface area (Å²) in [5.41, 5.74) is 0.0492. The van der Waals surface area contributed by atoms with Gasteiger partial charge in [0.05, 0.1) is 5.56 Å². The highest BCUT2D eigenvalue weighted by molar-refractivity contribution is 5.97. The van der Waals surface area contributed by atoms with E-state index in [9.17, 15) is 13.6 Å². The van der Waals surface area contributed by atoms with E-state index in [4.69, 9.17) is 0 Å². The molecule has 0 bridgehead atoms. The van der Waals surface area contributed by atoms with Gasteiger partial charge in [0.25, 0.3) is 5.91 Å². The summed E-state index contributed by atoms with van der Waals surface area (Å²) in [4.78, 5) is 11.7. The summed E-state index contributed by atoms with van der Waals surface area (Å²) < 4.78 is 34.3. The first-order valence-electron chi connectivity index (χ1n) is 5.20. The third kappa shape index (κ3) is 2.30. The summed E-state index contributed by atoms with van der Waals surface area (Å²) in [5, 5.41) is 2.59. The van der Waals surface area contributed by atoms with Gasteiger partial charge in [-0.05, 0) is 18.6 Å². The van der Waals surface area contributed by atoms with E-state index in [1.165, 1.54) is 18.2 Å². The number of carbonyl (C=O) groups excluding carboxylic acids is 1. The van der Waals surface area contributed by atoms with Crippen molar-refractivity contribution in [1.29, 1.82) is 0 Å². The van der Waals surface area contributed by atoms with Crippen LogP contribution < -0.4 is 14.8 Å². The van der Waals surface area contributed by atoms with Gasteiger partial charge in [0.2, 0.25) is 0 Å². The molecule has 1 aliphatic rings. The molecule has 1 aliphatic heterocycles. The van der Waals surface area contributed by atoms with Gasteiger partial charge in [-0.2, -0.15) is 0 Å². The minimum Gasteiger partial charge on any atom is -0.395 e. The van der Waals surface area contributed by atoms with Crippen LogP contribution in [0.2, 0.25) is 0 Å². The van der Waals surface area contributed by atoms with Crippen LogP contribution in [0.5, 0.6) is 11.5 Å². The highest BCUT2D eigenvalue weighted by Crippen LogP contribution is 2.43. The molecular weight excluding hydrogens is 232 g/mol. The molecule has 2 rings (SSSR count). The van der Waals surface area contributed by atoms with Crippen LogP contribution >= 0.6 is 0 Å². The van der Waals surface area contributed by atoms with Crippen LogP contribution in [0.15, 0.2) is 18.2 Å². The number of carbonyl (C=O) groups is 1. The van der Waals surface area contributed by atoms with Crippen LogP contribution in [0.25, 0.3) is 0 Å². The lowest BCUT2D eigenvalue weighted by molar-refractivity contribution is -0.286. The van der Waals surface area contributed by atoms with Gasteiger partial charge in [-0.3, -0.25) is 4.79 Å². The standard InChI is InChI=1S/C11H11F2NO3/c1-2-6-14-10(15)7-4-3-5-8-9(7)17-11(12,13)16-8/h3-5H,2,6H2,1H3,(H,14,15). The molecule has 0 atom stereocenters. The Bertz CT molecular complexity index is 448. The quantitative estimate of drug-likeness (QED) is 0.884. The zero-order valence-electron chi connectivity index (χ0n) is 9.13. The molecule has 4 nitrogen and oxygen atoms in total. The van der Waals surface area contributed by atoms with Gasteiger partial charge >= 0.3 is 6.29 Å². The number of nitrogens with one attached hydrogen (secondary N) is 1. The smallest absolute Gasteiger partial charge is 0.395 e.